The van der Waals surface area contributed by atoms with Gasteiger partial charge < -0.3 is 5.32 Å². The summed E-state index contributed by atoms with van der Waals surface area (Å²) < 4.78 is 28.0. The first-order valence-electron chi connectivity index (χ1n) is 10.4. The molecular weight excluding hydrogens is 384 g/mol. The summed E-state index contributed by atoms with van der Waals surface area (Å²) in [4.78, 5) is 12.6. The maximum atomic E-state index is 12.7. The average molecular weight is 415 g/mol. The molecule has 2 aromatic carbocycles. The second-order valence-electron chi connectivity index (χ2n) is 7.90. The maximum Gasteiger partial charge on any atom is 0.261 e. The number of benzene rings is 2. The van der Waals surface area contributed by atoms with Crippen LogP contribution in [0.15, 0.2) is 53.4 Å². The molecule has 2 N–H and O–H groups in total. The lowest BCUT2D eigenvalue weighted by atomic mass is 9.97. The highest BCUT2D eigenvalue weighted by Gasteiger charge is 2.17. The fraction of sp³-hybridized carbons (Fsp3) is 0.435. The fourth-order valence-corrected chi connectivity index (χ4v) is 4.97. The molecule has 0 aliphatic heterocycles. The van der Waals surface area contributed by atoms with E-state index in [9.17, 15) is 13.2 Å². The Balaban J connectivity index is 1.61. The second-order valence-corrected chi connectivity index (χ2v) is 9.59. The van der Waals surface area contributed by atoms with Crippen LogP contribution in [-0.4, -0.2) is 20.9 Å². The van der Waals surface area contributed by atoms with Crippen LogP contribution >= 0.6 is 0 Å². The van der Waals surface area contributed by atoms with Gasteiger partial charge in [0.25, 0.3) is 15.9 Å². The molecule has 1 amide bonds. The van der Waals surface area contributed by atoms with Crippen molar-refractivity contribution in [3.63, 3.8) is 0 Å². The van der Waals surface area contributed by atoms with Gasteiger partial charge in [0.2, 0.25) is 0 Å². The highest BCUT2D eigenvalue weighted by atomic mass is 32.2. The molecule has 0 aromatic heterocycles. The monoisotopic (exact) mass is 414 g/mol. The summed E-state index contributed by atoms with van der Waals surface area (Å²) in [6.45, 7) is 2.53. The molecule has 0 unspecified atom stereocenters. The topological polar surface area (TPSA) is 75.3 Å². The molecule has 0 atom stereocenters. The van der Waals surface area contributed by atoms with Crippen LogP contribution in [0.5, 0.6) is 0 Å². The maximum absolute atomic E-state index is 12.7. The molecule has 0 saturated heterocycles. The summed E-state index contributed by atoms with van der Waals surface area (Å²) in [6.07, 6.45) is 8.68. The number of aryl methyl sites for hydroxylation is 1. The Morgan fingerprint density at radius 1 is 1.00 bits per heavy atom. The Morgan fingerprint density at radius 3 is 2.45 bits per heavy atom. The molecule has 29 heavy (non-hydrogen) atoms. The average Bonchev–Trinajstić information content (AvgIpc) is 2.96. The molecule has 1 aliphatic rings. The van der Waals surface area contributed by atoms with E-state index in [1.807, 2.05) is 13.0 Å². The van der Waals surface area contributed by atoms with Crippen LogP contribution in [0.1, 0.15) is 60.9 Å². The van der Waals surface area contributed by atoms with Crippen LogP contribution in [0, 0.1) is 12.8 Å². The van der Waals surface area contributed by atoms with E-state index >= 15 is 0 Å². The highest BCUT2D eigenvalue weighted by Crippen LogP contribution is 2.25. The molecule has 0 spiro atoms. The van der Waals surface area contributed by atoms with Crippen LogP contribution in [-0.2, 0) is 10.0 Å². The fourth-order valence-electron chi connectivity index (χ4n) is 3.87. The predicted molar refractivity (Wildman–Crippen MR) is 117 cm³/mol. The Morgan fingerprint density at radius 2 is 1.72 bits per heavy atom. The summed E-state index contributed by atoms with van der Waals surface area (Å²) in [6, 6.07) is 13.3. The van der Waals surface area contributed by atoms with Crippen molar-refractivity contribution in [2.24, 2.45) is 5.92 Å². The molecule has 5 nitrogen and oxygen atoms in total. The van der Waals surface area contributed by atoms with E-state index < -0.39 is 10.0 Å². The number of carbonyl (C=O) groups is 1. The van der Waals surface area contributed by atoms with Crippen molar-refractivity contribution in [1.82, 2.24) is 5.32 Å². The van der Waals surface area contributed by atoms with Gasteiger partial charge in [0.1, 0.15) is 0 Å². The molecule has 2 aromatic rings. The summed E-state index contributed by atoms with van der Waals surface area (Å²) in [5.74, 6) is 0.453. The van der Waals surface area contributed by atoms with E-state index in [0.717, 1.165) is 12.0 Å². The van der Waals surface area contributed by atoms with Crippen molar-refractivity contribution in [3.05, 3.63) is 59.7 Å². The molecule has 1 saturated carbocycles. The molecule has 0 radical (unpaired) electrons. The van der Waals surface area contributed by atoms with E-state index in [4.69, 9.17) is 0 Å². The Hall–Kier alpha value is -2.34. The van der Waals surface area contributed by atoms with Crippen LogP contribution in [0.3, 0.4) is 0 Å². The summed E-state index contributed by atoms with van der Waals surface area (Å²) in [5, 5.41) is 2.95. The highest BCUT2D eigenvalue weighted by molar-refractivity contribution is 7.92. The van der Waals surface area contributed by atoms with E-state index in [2.05, 4.69) is 10.0 Å². The van der Waals surface area contributed by atoms with Gasteiger partial charge in [0, 0.05) is 17.8 Å². The van der Waals surface area contributed by atoms with Gasteiger partial charge >= 0.3 is 0 Å². The minimum Gasteiger partial charge on any atom is -0.352 e. The molecule has 1 fully saturated rings. The van der Waals surface area contributed by atoms with Crippen LogP contribution in [0.4, 0.5) is 5.69 Å². The van der Waals surface area contributed by atoms with Crippen molar-refractivity contribution in [3.8, 4) is 0 Å². The zero-order valence-electron chi connectivity index (χ0n) is 17.0. The van der Waals surface area contributed by atoms with Crippen molar-refractivity contribution >= 4 is 21.6 Å². The van der Waals surface area contributed by atoms with Crippen LogP contribution < -0.4 is 10.0 Å². The normalized spacial score (nSPS) is 15.5. The van der Waals surface area contributed by atoms with Gasteiger partial charge in [-0.2, -0.15) is 0 Å². The zero-order valence-corrected chi connectivity index (χ0v) is 17.8. The number of rotatable bonds is 7. The number of anilines is 1. The van der Waals surface area contributed by atoms with Gasteiger partial charge in [-0.3, -0.25) is 9.52 Å². The first kappa shape index (κ1) is 21.4. The molecule has 156 valence electrons. The van der Waals surface area contributed by atoms with Crippen LogP contribution in [0.2, 0.25) is 0 Å². The minimum absolute atomic E-state index is 0.0791. The van der Waals surface area contributed by atoms with Gasteiger partial charge in [-0.1, -0.05) is 56.7 Å². The lowest BCUT2D eigenvalue weighted by molar-refractivity contribution is 0.0950. The van der Waals surface area contributed by atoms with E-state index in [1.54, 1.807) is 30.3 Å². The van der Waals surface area contributed by atoms with E-state index in [0.29, 0.717) is 23.7 Å². The third-order valence-electron chi connectivity index (χ3n) is 5.49. The standard InChI is InChI=1S/C23H30N2O3S/c1-18-8-6-12-21(16-18)25-29(27,28)22-13-7-11-20(17-22)23(26)24-15-14-19-9-4-2-3-5-10-19/h6-8,11-13,16-17,19,25H,2-5,9-10,14-15H2,1H3,(H,24,26). The molecule has 6 heteroatoms. The van der Waals surface area contributed by atoms with Crippen molar-refractivity contribution in [1.29, 1.82) is 0 Å². The summed E-state index contributed by atoms with van der Waals surface area (Å²) >= 11 is 0. The van der Waals surface area contributed by atoms with Crippen molar-refractivity contribution < 1.29 is 13.2 Å². The Labute approximate surface area is 174 Å². The Bertz CT molecular complexity index is 933. The van der Waals surface area contributed by atoms with Crippen molar-refractivity contribution in [2.45, 2.75) is 56.8 Å². The number of hydrogen-bond acceptors (Lipinski definition) is 3. The third-order valence-corrected chi connectivity index (χ3v) is 6.87. The lowest BCUT2D eigenvalue weighted by Crippen LogP contribution is -2.26. The van der Waals surface area contributed by atoms with E-state index in [-0.39, 0.29) is 10.8 Å². The predicted octanol–water partition coefficient (Wildman–Crippen LogP) is 4.89. The van der Waals surface area contributed by atoms with Gasteiger partial charge in [0.05, 0.1) is 4.90 Å². The number of hydrogen-bond donors (Lipinski definition) is 2. The van der Waals surface area contributed by atoms with Gasteiger partial charge in [-0.05, 0) is 55.2 Å². The molecule has 0 bridgehead atoms. The number of carbonyl (C=O) groups excluding carboxylic acids is 1. The second kappa shape index (κ2) is 9.92. The smallest absolute Gasteiger partial charge is 0.261 e. The van der Waals surface area contributed by atoms with Gasteiger partial charge in [-0.15, -0.1) is 0 Å². The SMILES string of the molecule is Cc1cccc(NS(=O)(=O)c2cccc(C(=O)NCCC3CCCCCC3)c2)c1. The molecule has 3 rings (SSSR count). The van der Waals surface area contributed by atoms with Crippen LogP contribution in [0.25, 0.3) is 0 Å². The number of amides is 1. The van der Waals surface area contributed by atoms with Crippen molar-refractivity contribution in [2.75, 3.05) is 11.3 Å². The quantitative estimate of drug-likeness (QED) is 0.634. The molecule has 1 aliphatic carbocycles. The molecular formula is C23H30N2O3S. The number of sulfonamides is 1. The van der Waals surface area contributed by atoms with Gasteiger partial charge in [-0.25, -0.2) is 8.42 Å². The Kier molecular flexibility index (Phi) is 7.31. The minimum atomic E-state index is -3.76. The third kappa shape index (κ3) is 6.32. The summed E-state index contributed by atoms with van der Waals surface area (Å²) in [7, 11) is -3.76. The van der Waals surface area contributed by atoms with E-state index in [1.165, 1.54) is 50.7 Å². The lowest BCUT2D eigenvalue weighted by Gasteiger charge is -2.14. The first-order chi connectivity index (χ1) is 13.9. The number of nitrogens with one attached hydrogen (secondary N) is 2. The summed E-state index contributed by atoms with van der Waals surface area (Å²) in [5.41, 5.74) is 1.83. The molecule has 0 heterocycles. The zero-order chi connectivity index (χ0) is 20.7. The van der Waals surface area contributed by atoms with Gasteiger partial charge in [0.15, 0.2) is 0 Å². The first-order valence-corrected chi connectivity index (χ1v) is 11.9. The largest absolute Gasteiger partial charge is 0.352 e.